The van der Waals surface area contributed by atoms with Crippen LogP contribution < -0.4 is 14.4 Å². The molecule has 1 fully saturated rings. The summed E-state index contributed by atoms with van der Waals surface area (Å²) in [5.74, 6) is 0.918. The molecular formula is C35H32N6O5. The second-order valence-corrected chi connectivity index (χ2v) is 11.7. The van der Waals surface area contributed by atoms with Crippen molar-refractivity contribution >= 4 is 28.5 Å². The van der Waals surface area contributed by atoms with Crippen LogP contribution in [0.2, 0.25) is 0 Å². The first kappa shape index (κ1) is 28.1. The summed E-state index contributed by atoms with van der Waals surface area (Å²) < 4.78 is 21.7. The molecule has 0 bridgehead atoms. The Morgan fingerprint density at radius 3 is 2.63 bits per heavy atom. The first-order valence-electron chi connectivity index (χ1n) is 15.3. The van der Waals surface area contributed by atoms with Crippen molar-refractivity contribution in [1.82, 2.24) is 24.1 Å². The van der Waals surface area contributed by atoms with Gasteiger partial charge in [-0.3, -0.25) is 0 Å². The predicted octanol–water partition coefficient (Wildman–Crippen LogP) is 5.77. The van der Waals surface area contributed by atoms with E-state index in [0.29, 0.717) is 43.6 Å². The van der Waals surface area contributed by atoms with Gasteiger partial charge in [-0.15, -0.1) is 0 Å². The van der Waals surface area contributed by atoms with Crippen LogP contribution in [0.15, 0.2) is 85.3 Å². The number of carboxylic acid groups (broad SMARTS) is 1. The number of hydrogen-bond donors (Lipinski definition) is 1. The number of aromatic nitrogens is 5. The third kappa shape index (κ3) is 4.89. The number of pyridine rings is 1. The molecule has 46 heavy (non-hydrogen) atoms. The molecule has 11 heteroatoms. The van der Waals surface area contributed by atoms with E-state index in [4.69, 9.17) is 24.2 Å². The SMILES string of the molecule is COc1ccc(CN2CCOc3c(-c4cn([C@H]5C[C@H](OCc6ccccc6)C5)c5ncccc45)nc4c(C(=O)O)cnn4c32)cc1. The fourth-order valence-corrected chi connectivity index (χ4v) is 6.42. The molecule has 0 spiro atoms. The van der Waals surface area contributed by atoms with Gasteiger partial charge >= 0.3 is 5.97 Å². The van der Waals surface area contributed by atoms with E-state index in [1.165, 1.54) is 6.20 Å². The minimum Gasteiger partial charge on any atom is -0.497 e. The van der Waals surface area contributed by atoms with Crippen LogP contribution >= 0.6 is 0 Å². The minimum absolute atomic E-state index is 0.0262. The Morgan fingerprint density at radius 2 is 1.85 bits per heavy atom. The van der Waals surface area contributed by atoms with Gasteiger partial charge in [0.25, 0.3) is 0 Å². The highest BCUT2D eigenvalue weighted by molar-refractivity contribution is 5.99. The number of anilines is 1. The van der Waals surface area contributed by atoms with Gasteiger partial charge in [0.1, 0.15) is 29.3 Å². The largest absolute Gasteiger partial charge is 0.497 e. The summed E-state index contributed by atoms with van der Waals surface area (Å²) >= 11 is 0. The number of benzene rings is 2. The quantitative estimate of drug-likeness (QED) is 0.216. The van der Waals surface area contributed by atoms with Crippen molar-refractivity contribution in [3.63, 3.8) is 0 Å². The number of methoxy groups -OCH3 is 1. The van der Waals surface area contributed by atoms with Crippen molar-refractivity contribution in [2.45, 2.75) is 38.1 Å². The summed E-state index contributed by atoms with van der Waals surface area (Å²) in [6.45, 7) is 2.19. The van der Waals surface area contributed by atoms with Crippen LogP contribution in [0.4, 0.5) is 5.82 Å². The number of carbonyl (C=O) groups is 1. The maximum absolute atomic E-state index is 12.3. The summed E-state index contributed by atoms with van der Waals surface area (Å²) in [7, 11) is 1.64. The number of aromatic carboxylic acids is 1. The lowest BCUT2D eigenvalue weighted by atomic mass is 9.89. The van der Waals surface area contributed by atoms with Crippen molar-refractivity contribution in [3.8, 4) is 22.8 Å². The molecule has 0 amide bonds. The average molecular weight is 617 g/mol. The Bertz CT molecular complexity index is 2050. The summed E-state index contributed by atoms with van der Waals surface area (Å²) in [6, 6.07) is 22.3. The van der Waals surface area contributed by atoms with Gasteiger partial charge in [0.2, 0.25) is 0 Å². The monoisotopic (exact) mass is 616 g/mol. The van der Waals surface area contributed by atoms with Crippen LogP contribution in [-0.4, -0.2) is 61.6 Å². The van der Waals surface area contributed by atoms with Crippen LogP contribution in [0, 0.1) is 0 Å². The lowest BCUT2D eigenvalue weighted by Crippen LogP contribution is -2.34. The third-order valence-corrected chi connectivity index (χ3v) is 8.89. The molecule has 6 aromatic rings. The minimum atomic E-state index is -1.09. The van der Waals surface area contributed by atoms with Crippen LogP contribution in [0.25, 0.3) is 27.9 Å². The zero-order valence-corrected chi connectivity index (χ0v) is 25.2. The second-order valence-electron chi connectivity index (χ2n) is 11.7. The van der Waals surface area contributed by atoms with Gasteiger partial charge in [-0.05, 0) is 48.2 Å². The molecule has 2 aromatic carbocycles. The van der Waals surface area contributed by atoms with E-state index in [9.17, 15) is 9.90 Å². The molecule has 0 saturated heterocycles. The lowest BCUT2D eigenvalue weighted by Gasteiger charge is -2.36. The molecule has 1 N–H and O–H groups in total. The molecule has 232 valence electrons. The second kappa shape index (κ2) is 11.5. The molecule has 5 heterocycles. The fraction of sp³-hybridized carbons (Fsp3) is 0.257. The highest BCUT2D eigenvalue weighted by Crippen LogP contribution is 2.45. The zero-order valence-electron chi connectivity index (χ0n) is 25.2. The van der Waals surface area contributed by atoms with Crippen molar-refractivity contribution in [2.24, 2.45) is 0 Å². The van der Waals surface area contributed by atoms with E-state index in [1.807, 2.05) is 54.6 Å². The molecule has 1 saturated carbocycles. The van der Waals surface area contributed by atoms with Gasteiger partial charge in [0, 0.05) is 35.9 Å². The maximum Gasteiger partial charge on any atom is 0.341 e. The highest BCUT2D eigenvalue weighted by atomic mass is 16.5. The number of ether oxygens (including phenoxy) is 3. The van der Waals surface area contributed by atoms with Gasteiger partial charge in [-0.2, -0.15) is 9.61 Å². The third-order valence-electron chi connectivity index (χ3n) is 8.89. The van der Waals surface area contributed by atoms with Gasteiger partial charge in [-0.1, -0.05) is 42.5 Å². The molecular weight excluding hydrogens is 584 g/mol. The number of hydrogen-bond acceptors (Lipinski definition) is 8. The Labute approximate surface area is 264 Å². The van der Waals surface area contributed by atoms with Gasteiger partial charge in [0.05, 0.1) is 32.6 Å². The molecule has 1 aliphatic heterocycles. The predicted molar refractivity (Wildman–Crippen MR) is 172 cm³/mol. The van der Waals surface area contributed by atoms with Crippen LogP contribution in [0.1, 0.15) is 40.4 Å². The summed E-state index contributed by atoms with van der Waals surface area (Å²) in [5, 5.41) is 15.4. The topological polar surface area (TPSA) is 116 Å². The number of rotatable bonds is 9. The normalized spacial score (nSPS) is 17.5. The number of carboxylic acids is 1. The molecule has 11 nitrogen and oxygen atoms in total. The van der Waals surface area contributed by atoms with Crippen molar-refractivity contribution in [3.05, 3.63) is 102 Å². The molecule has 0 unspecified atom stereocenters. The maximum atomic E-state index is 12.3. The van der Waals surface area contributed by atoms with Gasteiger partial charge in [-0.25, -0.2) is 14.8 Å². The van der Waals surface area contributed by atoms with E-state index in [-0.39, 0.29) is 23.4 Å². The Morgan fingerprint density at radius 1 is 1.02 bits per heavy atom. The lowest BCUT2D eigenvalue weighted by molar-refractivity contribution is -0.0347. The molecule has 0 atom stereocenters. The summed E-state index contributed by atoms with van der Waals surface area (Å²) in [6.07, 6.45) is 7.13. The summed E-state index contributed by atoms with van der Waals surface area (Å²) in [4.78, 5) is 24.1. The summed E-state index contributed by atoms with van der Waals surface area (Å²) in [5.41, 5.74) is 4.76. The van der Waals surface area contributed by atoms with Crippen molar-refractivity contribution < 1.29 is 24.1 Å². The van der Waals surface area contributed by atoms with Gasteiger partial charge < -0.3 is 28.8 Å². The number of nitrogens with zero attached hydrogens (tertiary/aromatic N) is 6. The molecule has 2 aliphatic rings. The first-order valence-corrected chi connectivity index (χ1v) is 15.3. The average Bonchev–Trinajstić information content (AvgIpc) is 3.67. The van der Waals surface area contributed by atoms with Crippen LogP contribution in [-0.2, 0) is 17.9 Å². The smallest absolute Gasteiger partial charge is 0.341 e. The zero-order chi connectivity index (χ0) is 31.2. The van der Waals surface area contributed by atoms with E-state index < -0.39 is 5.97 Å². The van der Waals surface area contributed by atoms with Crippen molar-refractivity contribution in [2.75, 3.05) is 25.2 Å². The Kier molecular flexibility index (Phi) is 7.02. The molecule has 0 radical (unpaired) electrons. The van der Waals surface area contributed by atoms with E-state index in [2.05, 4.69) is 32.9 Å². The number of fused-ring (bicyclic) bond motifs is 4. The van der Waals surface area contributed by atoms with Crippen LogP contribution in [0.3, 0.4) is 0 Å². The Balaban J connectivity index is 1.19. The van der Waals surface area contributed by atoms with Crippen LogP contribution in [0.5, 0.6) is 11.5 Å². The molecule has 4 aromatic heterocycles. The first-order chi connectivity index (χ1) is 22.6. The fourth-order valence-electron chi connectivity index (χ4n) is 6.42. The van der Waals surface area contributed by atoms with Gasteiger partial charge in [0.15, 0.2) is 17.2 Å². The molecule has 8 rings (SSSR count). The highest BCUT2D eigenvalue weighted by Gasteiger charge is 2.35. The molecule has 1 aliphatic carbocycles. The van der Waals surface area contributed by atoms with E-state index in [1.54, 1.807) is 17.8 Å². The van der Waals surface area contributed by atoms with E-state index >= 15 is 0 Å². The Hall–Kier alpha value is -5.42. The van der Waals surface area contributed by atoms with Crippen molar-refractivity contribution in [1.29, 1.82) is 0 Å². The van der Waals surface area contributed by atoms with E-state index in [0.717, 1.165) is 46.3 Å². The standard InChI is InChI=1S/C35H32N6O5/c1-44-25-11-9-22(10-12-25)19-39-14-15-45-31-30(38-33-28(35(42)43)18-37-41(33)34(31)39)29-20-40(32-27(29)8-5-13-36-32)24-16-26(17-24)46-21-23-6-3-2-4-7-23/h2-13,18,20,24,26H,14-17,19,21H2,1H3,(H,42,43)/t24-,26-.